The molecule has 2 aromatic rings. The number of likely N-dealkylation sites (N-methyl/N-ethyl adjacent to an activating group) is 1. The Labute approximate surface area is 162 Å². The molecule has 0 saturated heterocycles. The first-order chi connectivity index (χ1) is 13.1. The second-order valence-electron chi connectivity index (χ2n) is 6.15. The summed E-state index contributed by atoms with van der Waals surface area (Å²) in [6, 6.07) is 15.4. The maximum absolute atomic E-state index is 12.8. The van der Waals surface area contributed by atoms with E-state index in [1.807, 2.05) is 43.3 Å². The summed E-state index contributed by atoms with van der Waals surface area (Å²) in [5.41, 5.74) is 1.68. The van der Waals surface area contributed by atoms with E-state index in [9.17, 15) is 4.79 Å². The van der Waals surface area contributed by atoms with Crippen molar-refractivity contribution in [2.24, 2.45) is 0 Å². The second-order valence-corrected chi connectivity index (χ2v) is 6.15. The van der Waals surface area contributed by atoms with Gasteiger partial charge in [0, 0.05) is 6.54 Å². The Morgan fingerprint density at radius 2 is 1.81 bits per heavy atom. The van der Waals surface area contributed by atoms with Crippen LogP contribution >= 0.6 is 0 Å². The van der Waals surface area contributed by atoms with Crippen molar-refractivity contribution in [3.05, 3.63) is 59.7 Å². The van der Waals surface area contributed by atoms with E-state index in [4.69, 9.17) is 9.47 Å². The highest BCUT2D eigenvalue weighted by molar-refractivity contribution is 5.96. The molecule has 1 N–H and O–H groups in total. The molecule has 146 valence electrons. The molecule has 27 heavy (non-hydrogen) atoms. The van der Waals surface area contributed by atoms with E-state index in [0.717, 1.165) is 24.4 Å². The third kappa shape index (κ3) is 5.47. The first kappa shape index (κ1) is 20.8. The van der Waals surface area contributed by atoms with Crippen LogP contribution in [0.3, 0.4) is 0 Å². The fraction of sp³-hybridized carbons (Fsp3) is 0.409. The van der Waals surface area contributed by atoms with Gasteiger partial charge in [-0.05, 0) is 49.8 Å². The fourth-order valence-corrected chi connectivity index (χ4v) is 3.19. The number of ether oxygens (including phenoxy) is 2. The van der Waals surface area contributed by atoms with Crippen molar-refractivity contribution in [2.75, 3.05) is 33.4 Å². The van der Waals surface area contributed by atoms with Crippen LogP contribution in [0.15, 0.2) is 48.5 Å². The first-order valence-corrected chi connectivity index (χ1v) is 9.52. The standard InChI is InChI=1S/C22H30N2O3/c1-5-24(6-2)20(17-11-10-12-18(15-17)26-4)16-23-22(25)19-13-8-9-14-21(19)27-7-3/h8-15,20H,5-7,16H2,1-4H3,(H,23,25). The number of hydrogen-bond donors (Lipinski definition) is 1. The quantitative estimate of drug-likeness (QED) is 0.689. The number of nitrogens with one attached hydrogen (secondary N) is 1. The summed E-state index contributed by atoms with van der Waals surface area (Å²) in [5.74, 6) is 1.30. The summed E-state index contributed by atoms with van der Waals surface area (Å²) in [6.45, 7) is 8.98. The molecule has 0 bridgehead atoms. The van der Waals surface area contributed by atoms with Crippen LogP contribution in [-0.4, -0.2) is 44.2 Å². The second kappa shape index (κ2) is 10.6. The topological polar surface area (TPSA) is 50.8 Å². The van der Waals surface area contributed by atoms with Gasteiger partial charge in [0.2, 0.25) is 0 Å². The number of para-hydroxylation sites is 1. The number of carbonyl (C=O) groups excluding carboxylic acids is 1. The summed E-state index contributed by atoms with van der Waals surface area (Å²) in [6.07, 6.45) is 0. The highest BCUT2D eigenvalue weighted by Crippen LogP contribution is 2.24. The normalized spacial score (nSPS) is 11.9. The third-order valence-corrected chi connectivity index (χ3v) is 4.62. The molecule has 0 fully saturated rings. The van der Waals surface area contributed by atoms with Crippen molar-refractivity contribution in [2.45, 2.75) is 26.8 Å². The van der Waals surface area contributed by atoms with E-state index >= 15 is 0 Å². The Balaban J connectivity index is 2.19. The van der Waals surface area contributed by atoms with E-state index in [1.165, 1.54) is 0 Å². The molecule has 0 heterocycles. The van der Waals surface area contributed by atoms with Gasteiger partial charge in [0.15, 0.2) is 0 Å². The summed E-state index contributed by atoms with van der Waals surface area (Å²) >= 11 is 0. The predicted molar refractivity (Wildman–Crippen MR) is 109 cm³/mol. The van der Waals surface area contributed by atoms with E-state index in [-0.39, 0.29) is 11.9 Å². The minimum absolute atomic E-state index is 0.0679. The number of carbonyl (C=O) groups is 1. The van der Waals surface area contributed by atoms with Crippen molar-refractivity contribution < 1.29 is 14.3 Å². The van der Waals surface area contributed by atoms with Crippen LogP contribution < -0.4 is 14.8 Å². The molecular weight excluding hydrogens is 340 g/mol. The Hall–Kier alpha value is -2.53. The van der Waals surface area contributed by atoms with Crippen LogP contribution in [-0.2, 0) is 0 Å². The molecule has 2 aromatic carbocycles. The number of hydrogen-bond acceptors (Lipinski definition) is 4. The van der Waals surface area contributed by atoms with Crippen molar-refractivity contribution in [1.82, 2.24) is 10.2 Å². The van der Waals surface area contributed by atoms with E-state index < -0.39 is 0 Å². The summed E-state index contributed by atoms with van der Waals surface area (Å²) in [5, 5.41) is 3.08. The molecule has 5 heteroatoms. The van der Waals surface area contributed by atoms with Crippen molar-refractivity contribution in [3.8, 4) is 11.5 Å². The van der Waals surface area contributed by atoms with Gasteiger partial charge in [-0.3, -0.25) is 9.69 Å². The minimum Gasteiger partial charge on any atom is -0.497 e. The molecule has 2 rings (SSSR count). The Bertz CT molecular complexity index is 729. The largest absolute Gasteiger partial charge is 0.497 e. The van der Waals surface area contributed by atoms with E-state index in [1.54, 1.807) is 13.2 Å². The van der Waals surface area contributed by atoms with E-state index in [0.29, 0.717) is 24.5 Å². The van der Waals surface area contributed by atoms with Crippen LogP contribution in [0, 0.1) is 0 Å². The maximum Gasteiger partial charge on any atom is 0.255 e. The Morgan fingerprint density at radius 1 is 1.07 bits per heavy atom. The van der Waals surface area contributed by atoms with Crippen LogP contribution in [0.4, 0.5) is 0 Å². The number of rotatable bonds is 10. The van der Waals surface area contributed by atoms with Crippen LogP contribution in [0.5, 0.6) is 11.5 Å². The molecule has 0 spiro atoms. The number of benzene rings is 2. The average molecular weight is 370 g/mol. The minimum atomic E-state index is -0.126. The lowest BCUT2D eigenvalue weighted by molar-refractivity contribution is 0.0931. The van der Waals surface area contributed by atoms with Gasteiger partial charge in [-0.1, -0.05) is 38.1 Å². The molecule has 1 amide bonds. The zero-order valence-corrected chi connectivity index (χ0v) is 16.7. The van der Waals surface area contributed by atoms with Crippen LogP contribution in [0.25, 0.3) is 0 Å². The monoisotopic (exact) mass is 370 g/mol. The van der Waals surface area contributed by atoms with Gasteiger partial charge in [-0.15, -0.1) is 0 Å². The molecule has 5 nitrogen and oxygen atoms in total. The molecule has 0 radical (unpaired) electrons. The van der Waals surface area contributed by atoms with Gasteiger partial charge in [0.25, 0.3) is 5.91 Å². The highest BCUT2D eigenvalue weighted by Gasteiger charge is 2.20. The lowest BCUT2D eigenvalue weighted by Crippen LogP contribution is -2.38. The first-order valence-electron chi connectivity index (χ1n) is 9.52. The smallest absolute Gasteiger partial charge is 0.255 e. The molecule has 0 aliphatic rings. The molecule has 0 saturated carbocycles. The average Bonchev–Trinajstić information content (AvgIpc) is 2.71. The Kier molecular flexibility index (Phi) is 8.14. The van der Waals surface area contributed by atoms with E-state index in [2.05, 4.69) is 30.1 Å². The van der Waals surface area contributed by atoms with Gasteiger partial charge in [-0.25, -0.2) is 0 Å². The van der Waals surface area contributed by atoms with Gasteiger partial charge in [0.05, 0.1) is 25.3 Å². The van der Waals surface area contributed by atoms with Crippen LogP contribution in [0.2, 0.25) is 0 Å². The zero-order chi connectivity index (χ0) is 19.6. The number of methoxy groups -OCH3 is 1. The predicted octanol–water partition coefficient (Wildman–Crippen LogP) is 3.91. The van der Waals surface area contributed by atoms with Gasteiger partial charge in [0.1, 0.15) is 11.5 Å². The number of nitrogens with zero attached hydrogens (tertiary/aromatic N) is 1. The fourth-order valence-electron chi connectivity index (χ4n) is 3.19. The molecule has 0 aromatic heterocycles. The summed E-state index contributed by atoms with van der Waals surface area (Å²) in [7, 11) is 1.66. The lowest BCUT2D eigenvalue weighted by Gasteiger charge is -2.30. The van der Waals surface area contributed by atoms with Gasteiger partial charge in [-0.2, -0.15) is 0 Å². The lowest BCUT2D eigenvalue weighted by atomic mass is 10.0. The zero-order valence-electron chi connectivity index (χ0n) is 16.7. The molecule has 1 atom stereocenters. The molecule has 0 aliphatic carbocycles. The molecule has 1 unspecified atom stereocenters. The Morgan fingerprint density at radius 3 is 2.48 bits per heavy atom. The SMILES string of the molecule is CCOc1ccccc1C(=O)NCC(c1cccc(OC)c1)N(CC)CC. The molecule has 0 aliphatic heterocycles. The van der Waals surface area contributed by atoms with Crippen molar-refractivity contribution in [3.63, 3.8) is 0 Å². The summed E-state index contributed by atoms with van der Waals surface area (Å²) in [4.78, 5) is 15.1. The summed E-state index contributed by atoms with van der Waals surface area (Å²) < 4.78 is 10.9. The van der Waals surface area contributed by atoms with Gasteiger partial charge < -0.3 is 14.8 Å². The van der Waals surface area contributed by atoms with Gasteiger partial charge >= 0.3 is 0 Å². The number of amides is 1. The third-order valence-electron chi connectivity index (χ3n) is 4.62. The van der Waals surface area contributed by atoms with Crippen LogP contribution in [0.1, 0.15) is 42.7 Å². The van der Waals surface area contributed by atoms with Crippen molar-refractivity contribution in [1.29, 1.82) is 0 Å². The highest BCUT2D eigenvalue weighted by atomic mass is 16.5. The van der Waals surface area contributed by atoms with Crippen molar-refractivity contribution >= 4 is 5.91 Å². The maximum atomic E-state index is 12.8. The molecular formula is C22H30N2O3.